The number of hydrogen-bond acceptors (Lipinski definition) is 1. The summed E-state index contributed by atoms with van der Waals surface area (Å²) >= 11 is 0. The molecule has 0 spiro atoms. The highest BCUT2D eigenvalue weighted by Crippen LogP contribution is 2.50. The highest BCUT2D eigenvalue weighted by molar-refractivity contribution is 6.43. The summed E-state index contributed by atoms with van der Waals surface area (Å²) in [7, 11) is -1.28. The van der Waals surface area contributed by atoms with Gasteiger partial charge in [0.2, 0.25) is 0 Å². The Labute approximate surface area is 149 Å². The summed E-state index contributed by atoms with van der Waals surface area (Å²) in [6.45, 7) is 2.30. The normalized spacial score (nSPS) is 27.1. The second kappa shape index (κ2) is 8.56. The summed E-state index contributed by atoms with van der Waals surface area (Å²) in [4.78, 5) is 0. The average molecular weight is 343 g/mol. The minimum Gasteiger partial charge on any atom is -0.388 e. The van der Waals surface area contributed by atoms with Crippen LogP contribution in [0.25, 0.3) is 0 Å². The molecule has 1 aromatic carbocycles. The first-order valence-corrected chi connectivity index (χ1v) is 12.1. The maximum atomic E-state index is 12.0. The molecule has 0 unspecified atom stereocenters. The molecule has 1 saturated carbocycles. The zero-order chi connectivity index (χ0) is 16.8. The maximum Gasteiger partial charge on any atom is 0.276 e. The second-order valence-corrected chi connectivity index (χ2v) is 10.4. The van der Waals surface area contributed by atoms with E-state index in [0.29, 0.717) is 5.41 Å². The lowest BCUT2D eigenvalue weighted by molar-refractivity contribution is 0.148. The van der Waals surface area contributed by atoms with Crippen LogP contribution in [0.15, 0.2) is 30.3 Å². The Morgan fingerprint density at radius 1 is 1.00 bits per heavy atom. The van der Waals surface area contributed by atoms with Gasteiger partial charge in [0.25, 0.3) is 8.68 Å². The van der Waals surface area contributed by atoms with Crippen LogP contribution in [-0.4, -0.2) is 8.68 Å². The monoisotopic (exact) mass is 342 g/mol. The predicted octanol–water partition coefficient (Wildman–Crippen LogP) is 6.53. The summed E-state index contributed by atoms with van der Waals surface area (Å²) in [5.74, 6) is 1.79. The van der Waals surface area contributed by atoms with Gasteiger partial charge >= 0.3 is 0 Å². The van der Waals surface area contributed by atoms with Crippen LogP contribution < -0.4 is 0 Å². The molecular formula is C22H34OSi. The number of benzene rings is 1. The molecule has 132 valence electrons. The fraction of sp³-hybridized carbons (Fsp3) is 0.727. The van der Waals surface area contributed by atoms with E-state index in [4.69, 9.17) is 0 Å². The molecule has 1 aliphatic carbocycles. The van der Waals surface area contributed by atoms with Crippen LogP contribution in [0.2, 0.25) is 12.1 Å². The molecule has 1 heterocycles. The van der Waals surface area contributed by atoms with Crippen LogP contribution in [0.5, 0.6) is 0 Å². The first-order valence-electron chi connectivity index (χ1n) is 10.3. The lowest BCUT2D eigenvalue weighted by atomic mass is 9.60. The SMILES string of the molecule is CCCCCC1CCC(C2(c3ccccc3)CC[Si](=O)CC2)CC1. The van der Waals surface area contributed by atoms with Gasteiger partial charge in [0.1, 0.15) is 0 Å². The third-order valence-electron chi connectivity index (χ3n) is 6.89. The summed E-state index contributed by atoms with van der Waals surface area (Å²) < 4.78 is 12.0. The minimum absolute atomic E-state index is 0.328. The Kier molecular flexibility index (Phi) is 6.43. The van der Waals surface area contributed by atoms with Gasteiger partial charge in [-0.05, 0) is 60.6 Å². The molecule has 0 radical (unpaired) electrons. The molecule has 0 bridgehead atoms. The smallest absolute Gasteiger partial charge is 0.276 e. The molecule has 24 heavy (non-hydrogen) atoms. The standard InChI is InChI=1S/C22H34OSi/c1-2-3-5-8-19-11-13-21(14-12-19)22(15-17-24(23)18-16-22)20-9-6-4-7-10-20/h4,6-7,9-10,19,21H,2-3,5,8,11-18H2,1H3. The van der Waals surface area contributed by atoms with Gasteiger partial charge in [-0.2, -0.15) is 0 Å². The second-order valence-electron chi connectivity index (χ2n) is 8.27. The molecule has 2 fully saturated rings. The van der Waals surface area contributed by atoms with Crippen molar-refractivity contribution in [2.45, 2.75) is 88.6 Å². The van der Waals surface area contributed by atoms with E-state index in [1.165, 1.54) is 69.8 Å². The quantitative estimate of drug-likeness (QED) is 0.424. The molecule has 0 amide bonds. The van der Waals surface area contributed by atoms with Gasteiger partial charge in [-0.15, -0.1) is 0 Å². The molecule has 0 aromatic heterocycles. The Balaban J connectivity index is 1.68. The van der Waals surface area contributed by atoms with E-state index in [-0.39, 0.29) is 0 Å². The topological polar surface area (TPSA) is 17.1 Å². The van der Waals surface area contributed by atoms with Crippen molar-refractivity contribution < 1.29 is 4.46 Å². The van der Waals surface area contributed by atoms with Crippen molar-refractivity contribution in [3.63, 3.8) is 0 Å². The van der Waals surface area contributed by atoms with Crippen LogP contribution in [0.4, 0.5) is 0 Å². The molecule has 1 aliphatic heterocycles. The summed E-state index contributed by atoms with van der Waals surface area (Å²) in [6.07, 6.45) is 13.6. The minimum atomic E-state index is -1.28. The van der Waals surface area contributed by atoms with Crippen molar-refractivity contribution in [3.8, 4) is 0 Å². The van der Waals surface area contributed by atoms with Crippen molar-refractivity contribution >= 4 is 8.68 Å². The van der Waals surface area contributed by atoms with Gasteiger partial charge in [0.15, 0.2) is 0 Å². The molecule has 2 aliphatic rings. The summed E-state index contributed by atoms with van der Waals surface area (Å²) in [6, 6.07) is 13.2. The van der Waals surface area contributed by atoms with Gasteiger partial charge in [-0.1, -0.05) is 75.8 Å². The number of unbranched alkanes of at least 4 members (excludes halogenated alkanes) is 2. The van der Waals surface area contributed by atoms with Crippen molar-refractivity contribution in [3.05, 3.63) is 35.9 Å². The molecule has 0 N–H and O–H groups in total. The Hall–Kier alpha value is -0.763. The predicted molar refractivity (Wildman–Crippen MR) is 103 cm³/mol. The zero-order valence-electron chi connectivity index (χ0n) is 15.4. The largest absolute Gasteiger partial charge is 0.388 e. The van der Waals surface area contributed by atoms with Gasteiger partial charge in [-0.3, -0.25) is 0 Å². The fourth-order valence-corrected chi connectivity index (χ4v) is 7.06. The lowest BCUT2D eigenvalue weighted by Gasteiger charge is -2.46. The zero-order valence-corrected chi connectivity index (χ0v) is 16.4. The first-order chi connectivity index (χ1) is 11.7. The lowest BCUT2D eigenvalue weighted by Crippen LogP contribution is -2.41. The van der Waals surface area contributed by atoms with E-state index in [2.05, 4.69) is 37.3 Å². The van der Waals surface area contributed by atoms with Crippen LogP contribution in [-0.2, 0) is 9.88 Å². The molecule has 1 aromatic rings. The van der Waals surface area contributed by atoms with Gasteiger partial charge in [-0.25, -0.2) is 0 Å². The third kappa shape index (κ3) is 4.07. The summed E-state index contributed by atoms with van der Waals surface area (Å²) in [5.41, 5.74) is 1.86. The van der Waals surface area contributed by atoms with Crippen molar-refractivity contribution in [2.75, 3.05) is 0 Å². The molecule has 0 atom stereocenters. The van der Waals surface area contributed by atoms with Crippen molar-refractivity contribution in [1.82, 2.24) is 0 Å². The average Bonchev–Trinajstić information content (AvgIpc) is 2.64. The Bertz CT molecular complexity index is 506. The van der Waals surface area contributed by atoms with E-state index in [0.717, 1.165) is 23.9 Å². The van der Waals surface area contributed by atoms with E-state index in [1.807, 2.05) is 0 Å². The Morgan fingerprint density at radius 3 is 2.29 bits per heavy atom. The molecule has 3 rings (SSSR count). The molecule has 1 saturated heterocycles. The van der Waals surface area contributed by atoms with E-state index >= 15 is 0 Å². The number of hydrogen-bond donors (Lipinski definition) is 0. The Morgan fingerprint density at radius 2 is 1.67 bits per heavy atom. The maximum absolute atomic E-state index is 12.0. The van der Waals surface area contributed by atoms with Gasteiger partial charge < -0.3 is 4.46 Å². The third-order valence-corrected chi connectivity index (χ3v) is 8.51. The van der Waals surface area contributed by atoms with Gasteiger partial charge in [0.05, 0.1) is 0 Å². The first kappa shape index (κ1) is 18.0. The fourth-order valence-electron chi connectivity index (χ4n) is 5.36. The van der Waals surface area contributed by atoms with E-state index < -0.39 is 8.68 Å². The van der Waals surface area contributed by atoms with Crippen LogP contribution in [0.1, 0.15) is 76.7 Å². The van der Waals surface area contributed by atoms with Crippen LogP contribution in [0, 0.1) is 11.8 Å². The molecule has 2 heteroatoms. The van der Waals surface area contributed by atoms with Crippen molar-refractivity contribution in [2.24, 2.45) is 11.8 Å². The highest BCUT2D eigenvalue weighted by Gasteiger charge is 2.44. The van der Waals surface area contributed by atoms with E-state index in [1.54, 1.807) is 0 Å². The molecular weight excluding hydrogens is 308 g/mol. The van der Waals surface area contributed by atoms with Crippen molar-refractivity contribution in [1.29, 1.82) is 0 Å². The van der Waals surface area contributed by atoms with E-state index in [9.17, 15) is 4.46 Å². The summed E-state index contributed by atoms with van der Waals surface area (Å²) in [5, 5.41) is 0. The van der Waals surface area contributed by atoms with Gasteiger partial charge in [0, 0.05) is 0 Å². The number of rotatable bonds is 6. The highest BCUT2D eigenvalue weighted by atomic mass is 28.3. The molecule has 1 nitrogen and oxygen atoms in total. The van der Waals surface area contributed by atoms with Crippen LogP contribution in [0.3, 0.4) is 0 Å². The van der Waals surface area contributed by atoms with Crippen LogP contribution >= 0.6 is 0 Å².